The second-order valence-electron chi connectivity index (χ2n) is 3.75. The van der Waals surface area contributed by atoms with Gasteiger partial charge in [-0.1, -0.05) is 13.3 Å². The van der Waals surface area contributed by atoms with Gasteiger partial charge in [-0.15, -0.1) is 0 Å². The minimum atomic E-state index is -0.583. The Kier molecular flexibility index (Phi) is 4.06. The first-order valence-electron chi connectivity index (χ1n) is 5.29. The van der Waals surface area contributed by atoms with Gasteiger partial charge in [0.05, 0.1) is 11.8 Å². The average Bonchev–Trinajstić information content (AvgIpc) is 2.53. The maximum atomic E-state index is 11.7. The van der Waals surface area contributed by atoms with Crippen molar-refractivity contribution in [2.45, 2.75) is 26.7 Å². The van der Waals surface area contributed by atoms with Crippen LogP contribution in [0.3, 0.4) is 0 Å². The van der Waals surface area contributed by atoms with Gasteiger partial charge in [0.2, 0.25) is 5.91 Å². The van der Waals surface area contributed by atoms with E-state index in [1.54, 1.807) is 17.8 Å². The number of hydrogen-bond donors (Lipinski definition) is 1. The molecule has 1 atom stereocenters. The number of anilines is 1. The van der Waals surface area contributed by atoms with Gasteiger partial charge in [-0.25, -0.2) is 0 Å². The molecule has 0 aromatic carbocycles. The number of aryl methyl sites for hydroxylation is 2. The minimum absolute atomic E-state index is 0.257. The molecule has 1 N–H and O–H groups in total. The summed E-state index contributed by atoms with van der Waals surface area (Å²) in [5, 5.41) is 15.7. The maximum absolute atomic E-state index is 11.7. The highest BCUT2D eigenvalue weighted by Gasteiger charge is 2.17. The summed E-state index contributed by atoms with van der Waals surface area (Å²) in [6.45, 7) is 3.80. The smallest absolute Gasteiger partial charge is 0.242 e. The lowest BCUT2D eigenvalue weighted by Crippen LogP contribution is -2.22. The minimum Gasteiger partial charge on any atom is -0.310 e. The molecule has 1 aromatic rings. The van der Waals surface area contributed by atoms with Crippen LogP contribution in [0.5, 0.6) is 0 Å². The fourth-order valence-electron chi connectivity index (χ4n) is 1.48. The van der Waals surface area contributed by atoms with Gasteiger partial charge >= 0.3 is 0 Å². The average molecular weight is 220 g/mol. The molecule has 0 spiro atoms. The third-order valence-electron chi connectivity index (χ3n) is 2.30. The Labute approximate surface area is 95.1 Å². The van der Waals surface area contributed by atoms with Gasteiger partial charge in [-0.3, -0.25) is 9.48 Å². The Balaban J connectivity index is 2.71. The van der Waals surface area contributed by atoms with Crippen LogP contribution >= 0.6 is 0 Å². The fraction of sp³-hybridized carbons (Fsp3) is 0.545. The molecule has 16 heavy (non-hydrogen) atoms. The Morgan fingerprint density at radius 2 is 2.44 bits per heavy atom. The Bertz CT molecular complexity index is 416. The molecule has 86 valence electrons. The third-order valence-corrected chi connectivity index (χ3v) is 2.30. The number of nitriles is 1. The summed E-state index contributed by atoms with van der Waals surface area (Å²) in [6.07, 6.45) is 1.40. The number of rotatable bonds is 4. The number of nitrogens with zero attached hydrogens (tertiary/aromatic N) is 3. The van der Waals surface area contributed by atoms with Crippen molar-refractivity contribution in [3.05, 3.63) is 11.8 Å². The van der Waals surface area contributed by atoms with Crippen molar-refractivity contribution in [1.82, 2.24) is 9.78 Å². The standard InChI is InChI=1S/C11H16N4O/c1-4-5-9(7-12)11(16)13-10-6-8(2)14-15(10)3/h6,9H,4-5H2,1-3H3,(H,13,16). The van der Waals surface area contributed by atoms with Gasteiger partial charge in [0.15, 0.2) is 0 Å². The molecule has 1 rings (SSSR count). The zero-order valence-corrected chi connectivity index (χ0v) is 9.82. The fourth-order valence-corrected chi connectivity index (χ4v) is 1.48. The van der Waals surface area contributed by atoms with Crippen LogP contribution in [0.1, 0.15) is 25.5 Å². The monoisotopic (exact) mass is 220 g/mol. The second kappa shape index (κ2) is 5.31. The Hall–Kier alpha value is -1.83. The van der Waals surface area contributed by atoms with E-state index >= 15 is 0 Å². The van der Waals surface area contributed by atoms with Crippen LogP contribution in [0.15, 0.2) is 6.07 Å². The number of hydrogen-bond acceptors (Lipinski definition) is 3. The van der Waals surface area contributed by atoms with Crippen LogP contribution in [0.25, 0.3) is 0 Å². The molecule has 0 saturated carbocycles. The van der Waals surface area contributed by atoms with Crippen molar-refractivity contribution >= 4 is 11.7 Å². The molecule has 0 fully saturated rings. The van der Waals surface area contributed by atoms with E-state index in [2.05, 4.69) is 10.4 Å². The number of carbonyl (C=O) groups excluding carboxylic acids is 1. The first-order valence-corrected chi connectivity index (χ1v) is 5.29. The van der Waals surface area contributed by atoms with E-state index in [0.29, 0.717) is 12.2 Å². The lowest BCUT2D eigenvalue weighted by Gasteiger charge is -2.08. The van der Waals surface area contributed by atoms with Crippen molar-refractivity contribution in [1.29, 1.82) is 5.26 Å². The van der Waals surface area contributed by atoms with Crippen LogP contribution in [0.2, 0.25) is 0 Å². The predicted molar refractivity (Wildman–Crippen MR) is 60.6 cm³/mol. The van der Waals surface area contributed by atoms with Gasteiger partial charge in [-0.05, 0) is 13.3 Å². The molecule has 1 aromatic heterocycles. The first-order chi connectivity index (χ1) is 7.58. The van der Waals surface area contributed by atoms with E-state index in [-0.39, 0.29) is 5.91 Å². The summed E-state index contributed by atoms with van der Waals surface area (Å²) >= 11 is 0. The normalized spacial score (nSPS) is 11.9. The summed E-state index contributed by atoms with van der Waals surface area (Å²) < 4.78 is 1.59. The zero-order chi connectivity index (χ0) is 12.1. The van der Waals surface area contributed by atoms with Crippen LogP contribution < -0.4 is 5.32 Å². The van der Waals surface area contributed by atoms with E-state index in [0.717, 1.165) is 12.1 Å². The van der Waals surface area contributed by atoms with E-state index in [9.17, 15) is 4.79 Å². The molecule has 0 radical (unpaired) electrons. The van der Waals surface area contributed by atoms with Crippen molar-refractivity contribution in [3.63, 3.8) is 0 Å². The van der Waals surface area contributed by atoms with E-state index in [1.807, 2.05) is 19.9 Å². The van der Waals surface area contributed by atoms with Crippen LogP contribution in [0.4, 0.5) is 5.82 Å². The zero-order valence-electron chi connectivity index (χ0n) is 9.82. The summed E-state index contributed by atoms with van der Waals surface area (Å²) in [6, 6.07) is 3.78. The van der Waals surface area contributed by atoms with E-state index in [1.165, 1.54) is 0 Å². The number of amides is 1. The molecule has 0 aliphatic rings. The molecule has 5 heteroatoms. The molecular formula is C11H16N4O. The molecule has 0 aliphatic heterocycles. The van der Waals surface area contributed by atoms with Gasteiger partial charge in [0.25, 0.3) is 0 Å². The van der Waals surface area contributed by atoms with Gasteiger partial charge in [0, 0.05) is 13.1 Å². The molecule has 1 heterocycles. The van der Waals surface area contributed by atoms with Gasteiger partial charge < -0.3 is 5.32 Å². The van der Waals surface area contributed by atoms with Crippen molar-refractivity contribution in [3.8, 4) is 6.07 Å². The third kappa shape index (κ3) is 2.83. The van der Waals surface area contributed by atoms with E-state index < -0.39 is 5.92 Å². The van der Waals surface area contributed by atoms with Gasteiger partial charge in [-0.2, -0.15) is 10.4 Å². The summed E-state index contributed by atoms with van der Waals surface area (Å²) in [7, 11) is 1.75. The molecule has 1 amide bonds. The van der Waals surface area contributed by atoms with Crippen molar-refractivity contribution < 1.29 is 4.79 Å². The van der Waals surface area contributed by atoms with Crippen molar-refractivity contribution in [2.75, 3.05) is 5.32 Å². The molecule has 5 nitrogen and oxygen atoms in total. The van der Waals surface area contributed by atoms with E-state index in [4.69, 9.17) is 5.26 Å². The topological polar surface area (TPSA) is 70.7 Å². The molecule has 0 saturated heterocycles. The highest BCUT2D eigenvalue weighted by atomic mass is 16.2. The number of carbonyl (C=O) groups is 1. The Morgan fingerprint density at radius 3 is 2.88 bits per heavy atom. The largest absolute Gasteiger partial charge is 0.310 e. The van der Waals surface area contributed by atoms with Crippen LogP contribution in [-0.2, 0) is 11.8 Å². The summed E-state index contributed by atoms with van der Waals surface area (Å²) in [5.74, 6) is -0.216. The quantitative estimate of drug-likeness (QED) is 0.837. The van der Waals surface area contributed by atoms with Crippen molar-refractivity contribution in [2.24, 2.45) is 13.0 Å². The first kappa shape index (κ1) is 12.2. The molecule has 0 aliphatic carbocycles. The lowest BCUT2D eigenvalue weighted by molar-refractivity contribution is -0.118. The second-order valence-corrected chi connectivity index (χ2v) is 3.75. The lowest BCUT2D eigenvalue weighted by atomic mass is 10.1. The molecule has 0 bridgehead atoms. The summed E-state index contributed by atoms with van der Waals surface area (Å²) in [5.41, 5.74) is 0.835. The van der Waals surface area contributed by atoms with Crippen LogP contribution in [-0.4, -0.2) is 15.7 Å². The van der Waals surface area contributed by atoms with Crippen LogP contribution in [0, 0.1) is 24.2 Å². The molecule has 1 unspecified atom stereocenters. The van der Waals surface area contributed by atoms with Gasteiger partial charge in [0.1, 0.15) is 11.7 Å². The maximum Gasteiger partial charge on any atom is 0.242 e. The summed E-state index contributed by atoms with van der Waals surface area (Å²) in [4.78, 5) is 11.7. The Morgan fingerprint density at radius 1 is 1.75 bits per heavy atom. The number of nitrogens with one attached hydrogen (secondary N) is 1. The predicted octanol–water partition coefficient (Wildman–Crippen LogP) is 1.61. The number of aromatic nitrogens is 2. The SMILES string of the molecule is CCCC(C#N)C(=O)Nc1cc(C)nn1C. The molecular weight excluding hydrogens is 204 g/mol. The highest BCUT2D eigenvalue weighted by molar-refractivity contribution is 5.93. The highest BCUT2D eigenvalue weighted by Crippen LogP contribution is 2.12.